The number of hydrogen-bond donors (Lipinski definition) is 4. The second-order valence-corrected chi connectivity index (χ2v) is 25.6. The molecule has 7 heterocycles. The maximum atomic E-state index is 15.0. The maximum absolute atomic E-state index is 15.0. The molecule has 4 fully saturated rings. The Labute approximate surface area is 470 Å². The van der Waals surface area contributed by atoms with Gasteiger partial charge in [-0.15, -0.1) is 0 Å². The van der Waals surface area contributed by atoms with Crippen LogP contribution in [-0.4, -0.2) is 124 Å². The van der Waals surface area contributed by atoms with Gasteiger partial charge in [0.15, 0.2) is 11.5 Å². The minimum atomic E-state index is -4.75. The first kappa shape index (κ1) is 55.8. The molecule has 1 amide bonds. The molecule has 3 aliphatic heterocycles. The number of amides is 1. The summed E-state index contributed by atoms with van der Waals surface area (Å²) in [5.74, 6) is -0.155. The molecular weight excluding hydrogens is 1060 g/mol. The van der Waals surface area contributed by atoms with Gasteiger partial charge in [0.1, 0.15) is 34.3 Å². The molecule has 2 saturated carbocycles. The molecule has 11 rings (SSSR count). The summed E-state index contributed by atoms with van der Waals surface area (Å²) in [7, 11) is -3.39. The molecule has 1 atom stereocenters. The third kappa shape index (κ3) is 11.7. The van der Waals surface area contributed by atoms with Crippen LogP contribution in [0.3, 0.4) is 0 Å². The summed E-state index contributed by atoms with van der Waals surface area (Å²) in [6.07, 6.45) is 10.5. The number of carbonyl (C=O) groups excluding carboxylic acids is 1. The van der Waals surface area contributed by atoms with Gasteiger partial charge in [0.25, 0.3) is 27.7 Å². The molecule has 22 heteroatoms. The number of H-pyrrole nitrogens is 1. The lowest BCUT2D eigenvalue weighted by Crippen LogP contribution is -2.60. The van der Waals surface area contributed by atoms with Gasteiger partial charge in [0.2, 0.25) is 5.82 Å². The van der Waals surface area contributed by atoms with Gasteiger partial charge in [-0.3, -0.25) is 24.7 Å². The van der Waals surface area contributed by atoms with Crippen LogP contribution in [-0.2, 0) is 16.6 Å². The second kappa shape index (κ2) is 22.0. The highest BCUT2D eigenvalue weighted by molar-refractivity contribution is 7.90. The molecule has 4 N–H and O–H groups in total. The fraction of sp³-hybridized carbons (Fsp3) is 0.492. The van der Waals surface area contributed by atoms with Crippen molar-refractivity contribution in [2.45, 2.75) is 127 Å². The van der Waals surface area contributed by atoms with Crippen LogP contribution in [0.5, 0.6) is 29.0 Å². The predicted molar refractivity (Wildman–Crippen MR) is 302 cm³/mol. The van der Waals surface area contributed by atoms with Crippen molar-refractivity contribution in [3.05, 3.63) is 117 Å². The number of anilines is 2. The van der Waals surface area contributed by atoms with Crippen molar-refractivity contribution in [3.63, 3.8) is 0 Å². The lowest BCUT2D eigenvalue weighted by molar-refractivity contribution is -0.384. The van der Waals surface area contributed by atoms with Crippen LogP contribution in [0.15, 0.2) is 84.1 Å². The molecule has 1 spiro atoms. The highest BCUT2D eigenvalue weighted by atomic mass is 32.2. The number of aromatic amines is 1. The van der Waals surface area contributed by atoms with Gasteiger partial charge in [0, 0.05) is 99.7 Å². The van der Waals surface area contributed by atoms with Crippen molar-refractivity contribution in [2.24, 2.45) is 11.3 Å². The largest absolute Gasteiger partial charge is 0.483 e. The predicted octanol–water partition coefficient (Wildman–Crippen LogP) is 9.65. The van der Waals surface area contributed by atoms with Gasteiger partial charge in [-0.25, -0.2) is 27.5 Å². The number of nitro groups is 1. The minimum absolute atomic E-state index is 0.0202. The normalized spacial score (nSPS) is 22.1. The molecule has 0 bridgehead atoms. The SMILES string of the molecule is COc1nc2[nH]cc(F)c2cc1Oc1cc(N2CCC3(CC2)CC(N2CCN(Cc4ccnc5c4OCC(C)(C)O5)C[C@H]2c2ccccc2C(C)C)C3)ccc1C(=O)NS(=O)(=O)c1cnc(NCC2CCC(C)(O)CC2)c([N+](=O)[O-])c1. The number of aliphatic hydroxyl groups is 1. The highest BCUT2D eigenvalue weighted by Gasteiger charge is 2.50. The fourth-order valence-corrected chi connectivity index (χ4v) is 13.5. The molecule has 0 unspecified atom stereocenters. The van der Waals surface area contributed by atoms with Crippen molar-refractivity contribution < 1.29 is 46.6 Å². The number of halogens is 1. The van der Waals surface area contributed by atoms with Crippen LogP contribution in [0.25, 0.3) is 11.0 Å². The number of sulfonamides is 1. The van der Waals surface area contributed by atoms with Gasteiger partial charge in [0.05, 0.1) is 34.8 Å². The summed E-state index contributed by atoms with van der Waals surface area (Å²) in [6.45, 7) is 15.9. The molecule has 20 nitrogen and oxygen atoms in total. The van der Waals surface area contributed by atoms with Crippen molar-refractivity contribution in [1.82, 2.24) is 34.5 Å². The summed E-state index contributed by atoms with van der Waals surface area (Å²) in [5, 5.41) is 25.7. The van der Waals surface area contributed by atoms with E-state index in [9.17, 15) is 32.8 Å². The first-order chi connectivity index (χ1) is 38.7. The number of fused-ring (bicyclic) bond motifs is 2. The Hall–Kier alpha value is -7.14. The topological polar surface area (TPSA) is 240 Å². The molecule has 4 aromatic heterocycles. The first-order valence-corrected chi connectivity index (χ1v) is 29.5. The molecule has 5 aliphatic rings. The Morgan fingerprint density at radius 1 is 1.00 bits per heavy atom. The molecule has 6 aromatic rings. The van der Waals surface area contributed by atoms with Crippen LogP contribution in [0, 0.1) is 27.3 Å². The number of hydrogen-bond acceptors (Lipinski definition) is 17. The van der Waals surface area contributed by atoms with E-state index in [2.05, 4.69) is 82.8 Å². The molecule has 0 radical (unpaired) electrons. The summed E-state index contributed by atoms with van der Waals surface area (Å²) >= 11 is 0. The lowest BCUT2D eigenvalue weighted by atomic mass is 9.59. The van der Waals surface area contributed by atoms with Crippen molar-refractivity contribution >= 4 is 44.2 Å². The smallest absolute Gasteiger partial charge is 0.312 e. The summed E-state index contributed by atoms with van der Waals surface area (Å²) in [5.41, 5.74) is 2.89. The van der Waals surface area contributed by atoms with E-state index in [0.29, 0.717) is 69.8 Å². The van der Waals surface area contributed by atoms with Crippen LogP contribution >= 0.6 is 0 Å². The third-order valence-electron chi connectivity index (χ3n) is 17.3. The van der Waals surface area contributed by atoms with Crippen LogP contribution in [0.1, 0.15) is 125 Å². The number of ether oxygens (including phenoxy) is 4. The monoisotopic (exact) mass is 1130 g/mol. The van der Waals surface area contributed by atoms with E-state index >= 15 is 0 Å². The Kier molecular flexibility index (Phi) is 15.1. The van der Waals surface area contributed by atoms with E-state index in [-0.39, 0.29) is 57.2 Å². The van der Waals surface area contributed by atoms with Crippen molar-refractivity contribution in [1.29, 1.82) is 0 Å². The van der Waals surface area contributed by atoms with Gasteiger partial charge in [-0.1, -0.05) is 38.1 Å². The number of nitrogens with zero attached hydrogens (tertiary/aromatic N) is 7. The highest BCUT2D eigenvalue weighted by Crippen LogP contribution is 2.54. The van der Waals surface area contributed by atoms with E-state index in [1.54, 1.807) is 19.1 Å². The zero-order valence-electron chi connectivity index (χ0n) is 46.7. The van der Waals surface area contributed by atoms with Gasteiger partial charge >= 0.3 is 5.69 Å². The molecule has 2 aromatic carbocycles. The zero-order chi connectivity index (χ0) is 57.0. The Balaban J connectivity index is 0.801. The van der Waals surface area contributed by atoms with Crippen molar-refractivity contribution in [2.75, 3.05) is 63.2 Å². The number of carbonyl (C=O) groups is 1. The second-order valence-electron chi connectivity index (χ2n) is 23.9. The molecule has 430 valence electrons. The lowest BCUT2D eigenvalue weighted by Gasteiger charge is -2.58. The standard InChI is InChI=1S/C59H71FN10O10S/c1-36(2)42-9-7-8-10-43(42)48-34-67(33-38-15-20-61-56-51(38)78-35-57(3,4)80-56)23-24-69(48)40-28-59(29-40)18-21-68(22-19-59)39-11-12-44(49(25-39)79-50-27-45-46(60)32-64-52(45)65-55(50)77-6)54(71)66-81(75,76)41-26-47(70(73)74)53(63-31-41)62-30-37-13-16-58(5,72)17-14-37/h7-12,15,20,25-27,31-32,36-37,40,48,72H,13-14,16-19,21-24,28-30,33-35H2,1-6H3,(H,62,63)(H,64,65)(H,66,71)/t37?,48-,58?/m0/s1. The van der Waals surface area contributed by atoms with Gasteiger partial charge in [-0.2, -0.15) is 4.98 Å². The summed E-state index contributed by atoms with van der Waals surface area (Å²) in [6, 6.07) is 18.6. The van der Waals surface area contributed by atoms with E-state index in [4.69, 9.17) is 18.9 Å². The van der Waals surface area contributed by atoms with E-state index < -0.39 is 48.5 Å². The number of aromatic nitrogens is 4. The Morgan fingerprint density at radius 2 is 1.77 bits per heavy atom. The first-order valence-electron chi connectivity index (χ1n) is 28.0. The number of methoxy groups -OCH3 is 1. The summed E-state index contributed by atoms with van der Waals surface area (Å²) in [4.78, 5) is 48.4. The number of nitrogens with one attached hydrogen (secondary N) is 3. The molecule has 81 heavy (non-hydrogen) atoms. The van der Waals surface area contributed by atoms with Crippen LogP contribution < -0.4 is 33.9 Å². The number of piperidine rings is 1. The molecule has 2 aliphatic carbocycles. The molecule has 2 saturated heterocycles. The number of pyridine rings is 3. The number of rotatable bonds is 16. The fourth-order valence-electron chi connectivity index (χ4n) is 12.6. The molecular formula is C59H71FN10O10S. The van der Waals surface area contributed by atoms with Crippen molar-refractivity contribution in [3.8, 4) is 29.0 Å². The minimum Gasteiger partial charge on any atom is -0.483 e. The maximum Gasteiger partial charge on any atom is 0.312 e. The van der Waals surface area contributed by atoms with E-state index in [0.717, 1.165) is 87.3 Å². The van der Waals surface area contributed by atoms with Gasteiger partial charge < -0.3 is 39.3 Å². The van der Waals surface area contributed by atoms with E-state index in [1.807, 2.05) is 26.1 Å². The van der Waals surface area contributed by atoms with Crippen LogP contribution in [0.2, 0.25) is 0 Å². The number of piperazine rings is 1. The number of benzene rings is 2. The zero-order valence-corrected chi connectivity index (χ0v) is 47.5. The average Bonchev–Trinajstić information content (AvgIpc) is 3.77. The van der Waals surface area contributed by atoms with E-state index in [1.165, 1.54) is 30.4 Å². The Morgan fingerprint density at radius 3 is 2.51 bits per heavy atom. The Bertz CT molecular complexity index is 3460. The van der Waals surface area contributed by atoms with Crippen LogP contribution in [0.4, 0.5) is 21.6 Å². The quantitative estimate of drug-likeness (QED) is 0.0521. The average molecular weight is 1130 g/mol. The van der Waals surface area contributed by atoms with Gasteiger partial charge in [-0.05, 0) is 119 Å². The third-order valence-corrected chi connectivity index (χ3v) is 18.5. The summed E-state index contributed by atoms with van der Waals surface area (Å²) < 4.78 is 69.3.